The molecular weight excluding hydrogens is 457 g/mol. The molecule has 1 aromatic heterocycles. The van der Waals surface area contributed by atoms with Crippen molar-refractivity contribution in [3.05, 3.63) is 71.9 Å². The molecule has 1 saturated heterocycles. The van der Waals surface area contributed by atoms with E-state index in [4.69, 9.17) is 0 Å². The standard InChI is InChI=1S/C23H21F3N2O4S/c24-23(25,26)17-5-3-7-19(13-17)33(31,32)28-14-16(20-8-1-2-9-21(20)28)10-11-22(30)27-12-4-6-18(29)15-27/h1-3,5,7-11,13-14,18,29H,4,6,12,15H2/b11-10+. The summed E-state index contributed by atoms with van der Waals surface area (Å²) in [6.07, 6.45) is 0.139. The number of para-hydroxylation sites is 1. The highest BCUT2D eigenvalue weighted by Gasteiger charge is 2.32. The van der Waals surface area contributed by atoms with Gasteiger partial charge in [-0.3, -0.25) is 4.79 Å². The minimum Gasteiger partial charge on any atom is -0.391 e. The maximum atomic E-state index is 13.2. The lowest BCUT2D eigenvalue weighted by atomic mass is 10.1. The van der Waals surface area contributed by atoms with E-state index in [0.29, 0.717) is 36.4 Å². The molecular formula is C23H21F3N2O4S. The third-order valence-electron chi connectivity index (χ3n) is 5.54. The molecule has 1 atom stereocenters. The number of β-amino-alcohol motifs (C(OH)–C–C–N with tert-alkyl or cyclic N) is 1. The van der Waals surface area contributed by atoms with E-state index in [9.17, 15) is 31.5 Å². The van der Waals surface area contributed by atoms with Gasteiger partial charge in [0.25, 0.3) is 10.0 Å². The summed E-state index contributed by atoms with van der Waals surface area (Å²) in [7, 11) is -4.34. The van der Waals surface area contributed by atoms with Gasteiger partial charge in [0.15, 0.2) is 0 Å². The smallest absolute Gasteiger partial charge is 0.391 e. The minimum atomic E-state index is -4.68. The summed E-state index contributed by atoms with van der Waals surface area (Å²) in [4.78, 5) is 13.5. The molecule has 1 N–H and O–H groups in total. The number of aliphatic hydroxyl groups is 1. The molecule has 6 nitrogen and oxygen atoms in total. The van der Waals surface area contributed by atoms with Crippen molar-refractivity contribution in [1.29, 1.82) is 0 Å². The van der Waals surface area contributed by atoms with Crippen LogP contribution in [-0.4, -0.2) is 47.5 Å². The summed E-state index contributed by atoms with van der Waals surface area (Å²) in [6.45, 7) is 0.751. The van der Waals surface area contributed by atoms with E-state index in [1.807, 2.05) is 0 Å². The molecule has 0 radical (unpaired) electrons. The van der Waals surface area contributed by atoms with Crippen LogP contribution >= 0.6 is 0 Å². The maximum Gasteiger partial charge on any atom is 0.416 e. The average molecular weight is 478 g/mol. The highest BCUT2D eigenvalue weighted by molar-refractivity contribution is 7.90. The zero-order valence-corrected chi connectivity index (χ0v) is 18.2. The van der Waals surface area contributed by atoms with Crippen molar-refractivity contribution in [1.82, 2.24) is 8.87 Å². The maximum absolute atomic E-state index is 13.2. The fourth-order valence-electron chi connectivity index (χ4n) is 3.87. The Kier molecular flexibility index (Phi) is 6.06. The molecule has 2 aromatic carbocycles. The van der Waals surface area contributed by atoms with E-state index in [0.717, 1.165) is 22.2 Å². The van der Waals surface area contributed by atoms with E-state index < -0.39 is 32.8 Å². The number of hydrogen-bond acceptors (Lipinski definition) is 4. The summed E-state index contributed by atoms with van der Waals surface area (Å²) < 4.78 is 66.7. The highest BCUT2D eigenvalue weighted by Crippen LogP contribution is 2.32. The van der Waals surface area contributed by atoms with Crippen LogP contribution in [0.2, 0.25) is 0 Å². The van der Waals surface area contributed by atoms with Gasteiger partial charge in [-0.2, -0.15) is 13.2 Å². The lowest BCUT2D eigenvalue weighted by Crippen LogP contribution is -2.41. The van der Waals surface area contributed by atoms with Gasteiger partial charge in [-0.05, 0) is 43.2 Å². The molecule has 1 fully saturated rings. The number of carbonyl (C=O) groups is 1. The minimum absolute atomic E-state index is 0.231. The molecule has 0 aliphatic carbocycles. The van der Waals surface area contributed by atoms with Gasteiger partial charge < -0.3 is 10.0 Å². The summed E-state index contributed by atoms with van der Waals surface area (Å²) in [5.74, 6) is -0.314. The molecule has 1 unspecified atom stereocenters. The van der Waals surface area contributed by atoms with Crippen molar-refractivity contribution in [3.8, 4) is 0 Å². The Bertz CT molecular complexity index is 1330. The van der Waals surface area contributed by atoms with Crippen LogP contribution in [0.3, 0.4) is 0 Å². The lowest BCUT2D eigenvalue weighted by molar-refractivity contribution is -0.137. The summed E-state index contributed by atoms with van der Waals surface area (Å²) in [6, 6.07) is 10.1. The summed E-state index contributed by atoms with van der Waals surface area (Å²) >= 11 is 0. The lowest BCUT2D eigenvalue weighted by Gasteiger charge is -2.29. The number of aliphatic hydroxyl groups excluding tert-OH is 1. The second-order valence-electron chi connectivity index (χ2n) is 7.84. The van der Waals surface area contributed by atoms with Crippen LogP contribution in [-0.2, 0) is 21.0 Å². The molecule has 2 heterocycles. The van der Waals surface area contributed by atoms with Gasteiger partial charge in [0, 0.05) is 36.3 Å². The van der Waals surface area contributed by atoms with Crippen molar-refractivity contribution in [2.24, 2.45) is 0 Å². The number of amides is 1. The second kappa shape index (κ2) is 8.68. The van der Waals surface area contributed by atoms with E-state index in [2.05, 4.69) is 0 Å². The number of alkyl halides is 3. The van der Waals surface area contributed by atoms with Gasteiger partial charge in [-0.15, -0.1) is 0 Å². The number of piperidine rings is 1. The normalized spacial score (nSPS) is 17.7. The number of halogens is 3. The third kappa shape index (κ3) is 4.67. The van der Waals surface area contributed by atoms with Crippen molar-refractivity contribution in [2.75, 3.05) is 13.1 Å². The van der Waals surface area contributed by atoms with Gasteiger partial charge >= 0.3 is 6.18 Å². The van der Waals surface area contributed by atoms with Crippen molar-refractivity contribution < 1.29 is 31.5 Å². The van der Waals surface area contributed by atoms with Crippen molar-refractivity contribution >= 4 is 32.9 Å². The van der Waals surface area contributed by atoms with Crippen LogP contribution in [0.5, 0.6) is 0 Å². The van der Waals surface area contributed by atoms with Gasteiger partial charge in [-0.1, -0.05) is 24.3 Å². The van der Waals surface area contributed by atoms with Crippen molar-refractivity contribution in [3.63, 3.8) is 0 Å². The quantitative estimate of drug-likeness (QED) is 0.577. The number of benzene rings is 2. The Morgan fingerprint density at radius 2 is 1.88 bits per heavy atom. The molecule has 33 heavy (non-hydrogen) atoms. The van der Waals surface area contributed by atoms with Crippen LogP contribution < -0.4 is 0 Å². The van der Waals surface area contributed by atoms with E-state index in [-0.39, 0.29) is 18.0 Å². The first kappa shape index (κ1) is 23.1. The fourth-order valence-corrected chi connectivity index (χ4v) is 5.30. The molecule has 1 aliphatic heterocycles. The van der Waals surface area contributed by atoms with Crippen molar-refractivity contribution in [2.45, 2.75) is 30.0 Å². The topological polar surface area (TPSA) is 79.6 Å². The number of hydrogen-bond donors (Lipinski definition) is 1. The number of rotatable bonds is 4. The first-order valence-electron chi connectivity index (χ1n) is 10.3. The molecule has 0 spiro atoms. The zero-order chi connectivity index (χ0) is 23.8. The highest BCUT2D eigenvalue weighted by atomic mass is 32.2. The van der Waals surface area contributed by atoms with E-state index >= 15 is 0 Å². The number of likely N-dealkylation sites (tertiary alicyclic amines) is 1. The Balaban J connectivity index is 1.73. The van der Waals surface area contributed by atoms with Crippen LogP contribution in [0.25, 0.3) is 17.0 Å². The van der Waals surface area contributed by atoms with Crippen LogP contribution in [0.1, 0.15) is 24.0 Å². The molecule has 0 saturated carbocycles. The molecule has 0 bridgehead atoms. The van der Waals surface area contributed by atoms with Gasteiger partial charge in [-0.25, -0.2) is 12.4 Å². The Labute approximate surface area is 188 Å². The molecule has 1 amide bonds. The number of aromatic nitrogens is 1. The Morgan fingerprint density at radius 3 is 2.61 bits per heavy atom. The zero-order valence-electron chi connectivity index (χ0n) is 17.4. The van der Waals surface area contributed by atoms with Gasteiger partial charge in [0.05, 0.1) is 22.1 Å². The second-order valence-corrected chi connectivity index (χ2v) is 9.66. The Morgan fingerprint density at radius 1 is 1.12 bits per heavy atom. The van der Waals surface area contributed by atoms with Crippen LogP contribution in [0.15, 0.2) is 65.7 Å². The SMILES string of the molecule is O=C(/C=C/c1cn(S(=O)(=O)c2cccc(C(F)(F)F)c2)c2ccccc12)N1CCCC(O)C1. The fraction of sp³-hybridized carbons (Fsp3) is 0.261. The molecule has 4 rings (SSSR count). The number of fused-ring (bicyclic) bond motifs is 1. The molecule has 3 aromatic rings. The van der Waals surface area contributed by atoms with E-state index in [1.54, 1.807) is 24.3 Å². The molecule has 10 heteroatoms. The van der Waals surface area contributed by atoms with Gasteiger partial charge in [0.2, 0.25) is 5.91 Å². The van der Waals surface area contributed by atoms with Gasteiger partial charge in [0.1, 0.15) is 0 Å². The summed E-state index contributed by atoms with van der Waals surface area (Å²) in [5.41, 5.74) is -0.364. The molecule has 1 aliphatic rings. The summed E-state index contributed by atoms with van der Waals surface area (Å²) in [5, 5.41) is 10.3. The predicted molar refractivity (Wildman–Crippen MR) is 117 cm³/mol. The Hall–Kier alpha value is -3.11. The number of nitrogens with zero attached hydrogens (tertiary/aromatic N) is 2. The van der Waals surface area contributed by atoms with Crippen LogP contribution in [0, 0.1) is 0 Å². The predicted octanol–water partition coefficient (Wildman–Crippen LogP) is 3.89. The average Bonchev–Trinajstić information content (AvgIpc) is 3.16. The van der Waals surface area contributed by atoms with E-state index in [1.165, 1.54) is 23.2 Å². The first-order valence-corrected chi connectivity index (χ1v) is 11.7. The van der Waals surface area contributed by atoms with Crippen LogP contribution in [0.4, 0.5) is 13.2 Å². The number of carbonyl (C=O) groups excluding carboxylic acids is 1. The first-order chi connectivity index (χ1) is 15.6. The largest absolute Gasteiger partial charge is 0.416 e. The monoisotopic (exact) mass is 478 g/mol. The molecule has 174 valence electrons. The third-order valence-corrected chi connectivity index (χ3v) is 7.21.